The minimum absolute atomic E-state index is 0.0651. The number of Topliss-reactive ketones (excluding diaryl/α,β-unsaturated/α-hetero) is 1. The molecule has 1 atom stereocenters. The number of nitrogens with zero attached hydrogens (tertiary/aromatic N) is 1. The van der Waals surface area contributed by atoms with Crippen molar-refractivity contribution >= 4 is 33.6 Å². The maximum absolute atomic E-state index is 13.6. The van der Waals surface area contributed by atoms with E-state index >= 15 is 0 Å². The van der Waals surface area contributed by atoms with Gasteiger partial charge in [-0.25, -0.2) is 0 Å². The van der Waals surface area contributed by atoms with Crippen molar-refractivity contribution in [2.75, 3.05) is 6.54 Å². The Morgan fingerprint density at radius 1 is 1.12 bits per heavy atom. The Morgan fingerprint density at radius 3 is 2.72 bits per heavy atom. The van der Waals surface area contributed by atoms with Crippen LogP contribution >= 0.6 is 0 Å². The number of aliphatic hydroxyl groups is 1. The molecule has 1 aliphatic rings. The van der Waals surface area contributed by atoms with E-state index in [1.165, 1.54) is 0 Å². The number of hydrogen-bond acceptors (Lipinski definition) is 4. The highest BCUT2D eigenvalue weighted by molar-refractivity contribution is 6.16. The van der Waals surface area contributed by atoms with Crippen LogP contribution in [0.5, 0.6) is 0 Å². The molecule has 1 amide bonds. The van der Waals surface area contributed by atoms with Crippen LogP contribution in [-0.2, 0) is 4.79 Å². The number of aliphatic hydroxyl groups excluding tert-OH is 1. The highest BCUT2D eigenvalue weighted by Gasteiger charge is 2.45. The van der Waals surface area contributed by atoms with Crippen LogP contribution in [0.4, 0.5) is 0 Å². The molecule has 1 unspecified atom stereocenters. The Hall–Kier alpha value is -3.80. The Kier molecular flexibility index (Phi) is 5.05. The number of fused-ring (bicyclic) bond motifs is 2. The number of aromatic amines is 1. The molecule has 162 valence electrons. The van der Waals surface area contributed by atoms with Gasteiger partial charge in [-0.1, -0.05) is 56.2 Å². The van der Waals surface area contributed by atoms with Crippen LogP contribution in [0.2, 0.25) is 0 Å². The molecule has 0 fully saturated rings. The highest BCUT2D eigenvalue weighted by Crippen LogP contribution is 2.42. The molecule has 32 heavy (non-hydrogen) atoms. The summed E-state index contributed by atoms with van der Waals surface area (Å²) in [5.74, 6) is -1.38. The Balaban J connectivity index is 1.62. The first-order valence-electron chi connectivity index (χ1n) is 10.9. The van der Waals surface area contributed by atoms with Crippen LogP contribution in [0.1, 0.15) is 48.3 Å². The number of hydrogen-bond donors (Lipinski definition) is 2. The van der Waals surface area contributed by atoms with E-state index in [4.69, 9.17) is 4.42 Å². The van der Waals surface area contributed by atoms with Gasteiger partial charge in [0, 0.05) is 34.6 Å². The van der Waals surface area contributed by atoms with Crippen LogP contribution in [0.3, 0.4) is 0 Å². The van der Waals surface area contributed by atoms with Gasteiger partial charge in [-0.3, -0.25) is 9.59 Å². The summed E-state index contributed by atoms with van der Waals surface area (Å²) in [4.78, 5) is 31.5. The number of amides is 1. The van der Waals surface area contributed by atoms with Crippen LogP contribution in [-0.4, -0.2) is 33.2 Å². The molecule has 0 saturated carbocycles. The number of para-hydroxylation sites is 2. The number of unbranched alkanes of at least 4 members (excludes halogenated alkanes) is 2. The average Bonchev–Trinajstić information content (AvgIpc) is 3.49. The number of carbonyl (C=O) groups is 2. The lowest BCUT2D eigenvalue weighted by atomic mass is 9.94. The van der Waals surface area contributed by atoms with E-state index < -0.39 is 23.5 Å². The summed E-state index contributed by atoms with van der Waals surface area (Å²) < 4.78 is 5.78. The number of H-pyrrole nitrogens is 1. The fourth-order valence-electron chi connectivity index (χ4n) is 4.52. The van der Waals surface area contributed by atoms with Crippen molar-refractivity contribution in [2.24, 2.45) is 0 Å². The zero-order chi connectivity index (χ0) is 22.2. The lowest BCUT2D eigenvalue weighted by molar-refractivity contribution is -0.129. The molecule has 4 aromatic rings. The van der Waals surface area contributed by atoms with Crippen LogP contribution < -0.4 is 0 Å². The average molecular weight is 428 g/mol. The summed E-state index contributed by atoms with van der Waals surface area (Å²) in [6.45, 7) is 2.55. The Labute approximate surface area is 185 Å². The van der Waals surface area contributed by atoms with Gasteiger partial charge in [0.2, 0.25) is 5.78 Å². The fourth-order valence-corrected chi connectivity index (χ4v) is 4.52. The van der Waals surface area contributed by atoms with Crippen LogP contribution in [0.25, 0.3) is 21.9 Å². The molecule has 3 heterocycles. The molecule has 0 saturated heterocycles. The third-order valence-corrected chi connectivity index (χ3v) is 6.12. The predicted molar refractivity (Wildman–Crippen MR) is 122 cm³/mol. The van der Waals surface area contributed by atoms with Gasteiger partial charge in [0.05, 0.1) is 11.6 Å². The first-order valence-corrected chi connectivity index (χ1v) is 10.9. The Bertz CT molecular complexity index is 1330. The molecule has 0 spiro atoms. The van der Waals surface area contributed by atoms with Crippen molar-refractivity contribution in [3.05, 3.63) is 83.5 Å². The highest BCUT2D eigenvalue weighted by atomic mass is 16.3. The van der Waals surface area contributed by atoms with Crippen molar-refractivity contribution in [3.8, 4) is 0 Å². The normalized spacial score (nSPS) is 16.6. The number of rotatable bonds is 7. The number of aromatic nitrogens is 1. The van der Waals surface area contributed by atoms with Gasteiger partial charge >= 0.3 is 0 Å². The van der Waals surface area contributed by atoms with Gasteiger partial charge in [0.25, 0.3) is 5.91 Å². The molecule has 1 aliphatic heterocycles. The third-order valence-electron chi connectivity index (χ3n) is 6.12. The van der Waals surface area contributed by atoms with E-state index in [1.54, 1.807) is 17.0 Å². The van der Waals surface area contributed by atoms with Crippen LogP contribution in [0.15, 0.2) is 76.5 Å². The van der Waals surface area contributed by atoms with E-state index in [9.17, 15) is 14.7 Å². The van der Waals surface area contributed by atoms with Crippen molar-refractivity contribution in [1.29, 1.82) is 0 Å². The number of furan rings is 1. The summed E-state index contributed by atoms with van der Waals surface area (Å²) in [7, 11) is 0. The molecule has 6 nitrogen and oxygen atoms in total. The van der Waals surface area contributed by atoms with Gasteiger partial charge in [-0.05, 0) is 24.6 Å². The standard InChI is InChI=1S/C26H24N2O4/c1-2-3-8-13-28-23(18-15-27-19-11-6-5-10-17(18)19)22(25(30)26(28)31)24(29)21-14-16-9-4-7-12-20(16)32-21/h4-7,9-12,14-15,23,27,30H,2-3,8,13H2,1H3. The smallest absolute Gasteiger partial charge is 0.290 e. The van der Waals surface area contributed by atoms with E-state index in [-0.39, 0.29) is 11.3 Å². The van der Waals surface area contributed by atoms with Crippen molar-refractivity contribution < 1.29 is 19.1 Å². The molecular weight excluding hydrogens is 404 g/mol. The van der Waals surface area contributed by atoms with Crippen LogP contribution in [0, 0.1) is 0 Å². The minimum atomic E-state index is -0.684. The molecule has 2 N–H and O–H groups in total. The quantitative estimate of drug-likeness (QED) is 0.293. The predicted octanol–water partition coefficient (Wildman–Crippen LogP) is 5.68. The monoisotopic (exact) mass is 428 g/mol. The number of carbonyl (C=O) groups excluding carboxylic acids is 2. The fraction of sp³-hybridized carbons (Fsp3) is 0.231. The van der Waals surface area contributed by atoms with E-state index in [0.717, 1.165) is 41.1 Å². The maximum atomic E-state index is 13.6. The molecule has 5 rings (SSSR count). The molecule has 6 heteroatoms. The summed E-state index contributed by atoms with van der Waals surface area (Å²) in [5, 5.41) is 12.6. The van der Waals surface area contributed by atoms with Crippen molar-refractivity contribution in [3.63, 3.8) is 0 Å². The molecule has 0 radical (unpaired) electrons. The zero-order valence-electron chi connectivity index (χ0n) is 17.8. The second-order valence-corrected chi connectivity index (χ2v) is 8.14. The van der Waals surface area contributed by atoms with Crippen molar-refractivity contribution in [1.82, 2.24) is 9.88 Å². The summed E-state index contributed by atoms with van der Waals surface area (Å²) >= 11 is 0. The third kappa shape index (κ3) is 3.19. The van der Waals surface area contributed by atoms with E-state index in [2.05, 4.69) is 11.9 Å². The minimum Gasteiger partial charge on any atom is -0.503 e. The second-order valence-electron chi connectivity index (χ2n) is 8.14. The first kappa shape index (κ1) is 20.1. The number of benzene rings is 2. The largest absolute Gasteiger partial charge is 0.503 e. The lowest BCUT2D eigenvalue weighted by Gasteiger charge is -2.26. The topological polar surface area (TPSA) is 86.5 Å². The zero-order valence-corrected chi connectivity index (χ0v) is 17.8. The first-order chi connectivity index (χ1) is 15.6. The maximum Gasteiger partial charge on any atom is 0.290 e. The van der Waals surface area contributed by atoms with Gasteiger partial charge in [-0.2, -0.15) is 0 Å². The summed E-state index contributed by atoms with van der Waals surface area (Å²) in [6, 6.07) is 16.1. The SMILES string of the molecule is CCCCCN1C(=O)C(O)=C(C(=O)c2cc3ccccc3o2)C1c1c[nH]c2ccccc12. The van der Waals surface area contributed by atoms with E-state index in [0.29, 0.717) is 12.1 Å². The van der Waals surface area contributed by atoms with Crippen molar-refractivity contribution in [2.45, 2.75) is 32.2 Å². The number of ketones is 1. The van der Waals surface area contributed by atoms with Gasteiger partial charge in [-0.15, -0.1) is 0 Å². The molecule has 2 aromatic heterocycles. The van der Waals surface area contributed by atoms with Gasteiger partial charge in [0.1, 0.15) is 5.58 Å². The molecular formula is C26H24N2O4. The van der Waals surface area contributed by atoms with Gasteiger partial charge < -0.3 is 19.4 Å². The molecule has 2 aromatic carbocycles. The van der Waals surface area contributed by atoms with E-state index in [1.807, 2.05) is 48.7 Å². The van der Waals surface area contributed by atoms with Gasteiger partial charge in [0.15, 0.2) is 11.5 Å². The summed E-state index contributed by atoms with van der Waals surface area (Å²) in [5.41, 5.74) is 2.35. The lowest BCUT2D eigenvalue weighted by Crippen LogP contribution is -2.32. The summed E-state index contributed by atoms with van der Waals surface area (Å²) in [6.07, 6.45) is 4.57. The molecule has 0 aliphatic carbocycles. The number of nitrogens with one attached hydrogen (secondary N) is 1. The molecule has 0 bridgehead atoms. The second kappa shape index (κ2) is 8.04. The Morgan fingerprint density at radius 2 is 1.91 bits per heavy atom.